The Balaban J connectivity index is 3.38. The molecule has 1 amide bonds. The van der Waals surface area contributed by atoms with Gasteiger partial charge < -0.3 is 20.3 Å². The monoisotopic (exact) mass is 1290 g/mol. The van der Waals surface area contributed by atoms with Crippen LogP contribution >= 0.6 is 0 Å². The number of nitrogens with one attached hydrogen (secondary N) is 1. The molecule has 0 fully saturated rings. The van der Waals surface area contributed by atoms with E-state index in [4.69, 9.17) is 4.74 Å². The van der Waals surface area contributed by atoms with Gasteiger partial charge in [-0.2, -0.15) is 0 Å². The lowest BCUT2D eigenvalue weighted by Gasteiger charge is -2.20. The van der Waals surface area contributed by atoms with Gasteiger partial charge in [-0.05, 0) is 89.9 Å². The molecule has 0 aliphatic carbocycles. The maximum atomic E-state index is 12.5. The van der Waals surface area contributed by atoms with Gasteiger partial charge in [0.05, 0.1) is 25.4 Å². The molecule has 6 nitrogen and oxygen atoms in total. The molecular weight excluding hydrogens is 1130 g/mol. The summed E-state index contributed by atoms with van der Waals surface area (Å²) in [6, 6.07) is -0.627. The first kappa shape index (κ1) is 89.8. The smallest absolute Gasteiger partial charge is 0.305 e. The summed E-state index contributed by atoms with van der Waals surface area (Å²) in [7, 11) is 0. The average Bonchev–Trinajstić information content (AvgIpc) is 3.62. The van der Waals surface area contributed by atoms with Crippen molar-refractivity contribution in [2.75, 3.05) is 13.2 Å². The van der Waals surface area contributed by atoms with E-state index >= 15 is 0 Å². The molecule has 0 radical (unpaired) electrons. The normalized spacial score (nSPS) is 12.7. The molecule has 0 bridgehead atoms. The van der Waals surface area contributed by atoms with Crippen LogP contribution in [0.4, 0.5) is 0 Å². The van der Waals surface area contributed by atoms with E-state index < -0.39 is 12.1 Å². The van der Waals surface area contributed by atoms with Gasteiger partial charge in [-0.15, -0.1) is 0 Å². The topological polar surface area (TPSA) is 95.9 Å². The number of esters is 1. The van der Waals surface area contributed by atoms with Gasteiger partial charge in [0, 0.05) is 12.8 Å². The van der Waals surface area contributed by atoms with E-state index in [1.807, 2.05) is 6.08 Å². The first-order valence-corrected chi connectivity index (χ1v) is 41.9. The molecule has 6 heteroatoms. The van der Waals surface area contributed by atoms with E-state index in [-0.39, 0.29) is 18.5 Å². The molecule has 0 spiro atoms. The Morgan fingerprint density at radius 1 is 0.304 bits per heavy atom. The molecule has 2 atom stereocenters. The van der Waals surface area contributed by atoms with Gasteiger partial charge in [0.1, 0.15) is 0 Å². The molecule has 2 unspecified atom stereocenters. The van der Waals surface area contributed by atoms with Gasteiger partial charge in [-0.1, -0.05) is 409 Å². The summed E-state index contributed by atoms with van der Waals surface area (Å²) in [5, 5.41) is 23.3. The van der Waals surface area contributed by atoms with Crippen molar-refractivity contribution in [1.29, 1.82) is 0 Å². The number of carbonyl (C=O) groups excluding carboxylic acids is 2. The van der Waals surface area contributed by atoms with Crippen molar-refractivity contribution in [2.24, 2.45) is 0 Å². The highest BCUT2D eigenvalue weighted by Gasteiger charge is 2.18. The lowest BCUT2D eigenvalue weighted by atomic mass is 10.0. The van der Waals surface area contributed by atoms with E-state index in [1.165, 1.54) is 385 Å². The minimum atomic E-state index is -0.844. The van der Waals surface area contributed by atoms with Crippen LogP contribution in [0.1, 0.15) is 463 Å². The van der Waals surface area contributed by atoms with Gasteiger partial charge in [0.2, 0.25) is 5.91 Å². The van der Waals surface area contributed by atoms with Gasteiger partial charge in [-0.3, -0.25) is 9.59 Å². The van der Waals surface area contributed by atoms with Crippen molar-refractivity contribution < 1.29 is 24.5 Å². The summed E-state index contributed by atoms with van der Waals surface area (Å²) in [6.07, 6.45) is 108. The third kappa shape index (κ3) is 76.8. The van der Waals surface area contributed by atoms with E-state index in [0.717, 1.165) is 51.4 Å². The first-order valence-electron chi connectivity index (χ1n) is 41.9. The maximum absolute atomic E-state index is 12.5. The molecule has 0 aromatic rings. The van der Waals surface area contributed by atoms with E-state index in [1.54, 1.807) is 6.08 Å². The lowest BCUT2D eigenvalue weighted by molar-refractivity contribution is -0.143. The number of unbranched alkanes of at least 4 members (excludes halogenated alkanes) is 62. The molecule has 0 saturated carbocycles. The van der Waals surface area contributed by atoms with Crippen LogP contribution < -0.4 is 5.32 Å². The molecular formula is C86H163NO5. The maximum Gasteiger partial charge on any atom is 0.305 e. The van der Waals surface area contributed by atoms with Crippen LogP contribution in [0, 0.1) is 0 Å². The molecule has 0 aliphatic heterocycles. The standard InChI is InChI=1S/C86H163NO5/c1-3-5-7-9-11-13-15-17-19-21-22-40-43-47-50-54-58-62-66-70-74-78-84(89)83(82-88)87-85(90)79-75-71-67-63-59-55-51-48-44-41-38-36-34-32-30-28-26-24-23-25-27-29-31-33-35-37-39-42-45-49-53-57-61-65-69-73-77-81-92-86(91)80-76-72-68-64-60-56-52-46-20-18-16-14-12-10-8-6-4-2/h18,20,23,25,29,31,74,78,83-84,88-89H,3-17,19,21-22,24,26-28,30,32-73,75-77,79-82H2,1-2H3,(H,87,90)/b20-18-,25-23-,31-29-,78-74+. The largest absolute Gasteiger partial charge is 0.466 e. The number of amides is 1. The molecule has 0 saturated heterocycles. The van der Waals surface area contributed by atoms with Crippen molar-refractivity contribution >= 4 is 11.9 Å². The van der Waals surface area contributed by atoms with Crippen LogP contribution in [-0.2, 0) is 14.3 Å². The number of hydrogen-bond donors (Lipinski definition) is 3. The van der Waals surface area contributed by atoms with Crippen LogP contribution in [0.2, 0.25) is 0 Å². The number of rotatable bonds is 79. The number of carbonyl (C=O) groups is 2. The van der Waals surface area contributed by atoms with Gasteiger partial charge in [0.25, 0.3) is 0 Å². The second-order valence-electron chi connectivity index (χ2n) is 28.8. The third-order valence-corrected chi connectivity index (χ3v) is 19.6. The Morgan fingerprint density at radius 3 is 0.837 bits per heavy atom. The predicted octanol–water partition coefficient (Wildman–Crippen LogP) is 27.9. The second kappa shape index (κ2) is 81.2. The Hall–Kier alpha value is -2.18. The fourth-order valence-electron chi connectivity index (χ4n) is 13.2. The predicted molar refractivity (Wildman–Crippen MR) is 407 cm³/mol. The average molecular weight is 1290 g/mol. The molecule has 92 heavy (non-hydrogen) atoms. The summed E-state index contributed by atoms with van der Waals surface area (Å²) in [5.74, 6) is -0.0450. The lowest BCUT2D eigenvalue weighted by Crippen LogP contribution is -2.45. The summed E-state index contributed by atoms with van der Waals surface area (Å²) in [4.78, 5) is 24.7. The SMILES string of the molecule is CCCCCCCC/C=C\CCCCCCCCCC(=O)OCCCCCCCCCCCCCCC/C=C\C/C=C\CCCCCCCCCCCCCCCCCCCC(=O)NC(CO)C(O)/C=C/CCCCCCCCCCCCCCCCCCCCC. The zero-order valence-corrected chi connectivity index (χ0v) is 62.3. The zero-order valence-electron chi connectivity index (χ0n) is 62.3. The first-order chi connectivity index (χ1) is 45.5. The van der Waals surface area contributed by atoms with Crippen LogP contribution in [0.15, 0.2) is 48.6 Å². The Kier molecular flexibility index (Phi) is 79.3. The van der Waals surface area contributed by atoms with E-state index in [2.05, 4.69) is 55.6 Å². The number of ether oxygens (including phenoxy) is 1. The minimum absolute atomic E-state index is 0.0159. The minimum Gasteiger partial charge on any atom is -0.466 e. The quantitative estimate of drug-likeness (QED) is 0.0320. The van der Waals surface area contributed by atoms with Crippen molar-refractivity contribution in [2.45, 2.75) is 475 Å². The van der Waals surface area contributed by atoms with Crippen molar-refractivity contribution in [3.8, 4) is 0 Å². The zero-order chi connectivity index (χ0) is 66.3. The van der Waals surface area contributed by atoms with E-state index in [9.17, 15) is 19.8 Å². The summed E-state index contributed by atoms with van der Waals surface area (Å²) in [6.45, 7) is 4.95. The number of allylic oxidation sites excluding steroid dienone is 7. The van der Waals surface area contributed by atoms with Crippen LogP contribution in [0.25, 0.3) is 0 Å². The number of aliphatic hydroxyl groups is 2. The fourth-order valence-corrected chi connectivity index (χ4v) is 13.2. The number of aliphatic hydroxyl groups excluding tert-OH is 2. The van der Waals surface area contributed by atoms with E-state index in [0.29, 0.717) is 19.4 Å². The van der Waals surface area contributed by atoms with Gasteiger partial charge in [-0.25, -0.2) is 0 Å². The highest BCUT2D eigenvalue weighted by molar-refractivity contribution is 5.76. The molecule has 3 N–H and O–H groups in total. The summed E-state index contributed by atoms with van der Waals surface area (Å²) in [5.41, 5.74) is 0. The van der Waals surface area contributed by atoms with Crippen LogP contribution in [0.3, 0.4) is 0 Å². The molecule has 0 aliphatic rings. The fraction of sp³-hybridized carbons (Fsp3) is 0.884. The van der Waals surface area contributed by atoms with Crippen LogP contribution in [0.5, 0.6) is 0 Å². The highest BCUT2D eigenvalue weighted by atomic mass is 16.5. The van der Waals surface area contributed by atoms with Crippen molar-refractivity contribution in [3.63, 3.8) is 0 Å². The molecule has 0 aromatic carbocycles. The highest BCUT2D eigenvalue weighted by Crippen LogP contribution is 2.20. The summed E-state index contributed by atoms with van der Waals surface area (Å²) >= 11 is 0. The Bertz CT molecular complexity index is 1540. The van der Waals surface area contributed by atoms with Gasteiger partial charge in [0.15, 0.2) is 0 Å². The third-order valence-electron chi connectivity index (χ3n) is 19.6. The second-order valence-corrected chi connectivity index (χ2v) is 28.8. The van der Waals surface area contributed by atoms with Crippen molar-refractivity contribution in [3.05, 3.63) is 48.6 Å². The molecule has 0 heterocycles. The molecule has 0 rings (SSSR count). The van der Waals surface area contributed by atoms with Gasteiger partial charge >= 0.3 is 5.97 Å². The number of hydrogen-bond acceptors (Lipinski definition) is 5. The summed E-state index contributed by atoms with van der Waals surface area (Å²) < 4.78 is 5.51. The van der Waals surface area contributed by atoms with Crippen molar-refractivity contribution in [1.82, 2.24) is 5.32 Å². The molecule has 542 valence electrons. The Labute approximate surface area is 576 Å². The van der Waals surface area contributed by atoms with Crippen LogP contribution in [-0.4, -0.2) is 47.4 Å². The Morgan fingerprint density at radius 2 is 0.543 bits per heavy atom. The molecule has 0 aromatic heterocycles.